The van der Waals surface area contributed by atoms with E-state index in [1.54, 1.807) is 6.92 Å². The Hall–Kier alpha value is -1.49. The van der Waals surface area contributed by atoms with Crippen molar-refractivity contribution in [1.29, 1.82) is 0 Å². The molecule has 2 aromatic rings. The minimum absolute atomic E-state index is 0.228. The number of esters is 1. The minimum atomic E-state index is -1.01. The summed E-state index contributed by atoms with van der Waals surface area (Å²) < 4.78 is 16.4. The number of rotatable bonds is 8. The van der Waals surface area contributed by atoms with Crippen molar-refractivity contribution in [2.24, 2.45) is 0 Å². The van der Waals surface area contributed by atoms with Gasteiger partial charge in [-0.25, -0.2) is 9.78 Å². The van der Waals surface area contributed by atoms with Gasteiger partial charge < -0.3 is 18.8 Å². The highest BCUT2D eigenvalue weighted by Crippen LogP contribution is 2.43. The molecule has 6 nitrogen and oxygen atoms in total. The summed E-state index contributed by atoms with van der Waals surface area (Å²) in [5.74, 6) is -0.213. The highest BCUT2D eigenvalue weighted by molar-refractivity contribution is 7.46. The van der Waals surface area contributed by atoms with Crippen molar-refractivity contribution >= 4 is 25.4 Å². The molecule has 0 bridgehead atoms. The Labute approximate surface area is 137 Å². The standard InChI is InChI=1S/C16H23N2O4P/c1-5-20-16(19)15-17-13-9-8-11(4)12(14(13)18-15)10-23(21-6-2)22-7-3/h8-9H,5-7,10H2,1-4H3,(H,17,18). The van der Waals surface area contributed by atoms with E-state index in [0.717, 1.165) is 22.2 Å². The summed E-state index contributed by atoms with van der Waals surface area (Å²) >= 11 is 0. The predicted octanol–water partition coefficient (Wildman–Crippen LogP) is 3.93. The van der Waals surface area contributed by atoms with E-state index in [0.29, 0.717) is 26.0 Å². The van der Waals surface area contributed by atoms with E-state index in [4.69, 9.17) is 13.8 Å². The number of aromatic nitrogens is 2. The maximum Gasteiger partial charge on any atom is 0.374 e. The second kappa shape index (κ2) is 8.39. The lowest BCUT2D eigenvalue weighted by molar-refractivity contribution is 0.0513. The molecule has 7 heteroatoms. The Bertz CT molecular complexity index is 665. The first kappa shape index (κ1) is 17.9. The molecule has 0 radical (unpaired) electrons. The zero-order valence-corrected chi connectivity index (χ0v) is 14.9. The molecule has 23 heavy (non-hydrogen) atoms. The van der Waals surface area contributed by atoms with E-state index in [2.05, 4.69) is 9.97 Å². The van der Waals surface area contributed by atoms with Crippen LogP contribution in [0.25, 0.3) is 11.0 Å². The largest absolute Gasteiger partial charge is 0.460 e. The molecule has 1 aromatic heterocycles. The summed E-state index contributed by atoms with van der Waals surface area (Å²) in [5.41, 5.74) is 3.74. The van der Waals surface area contributed by atoms with E-state index in [-0.39, 0.29) is 5.82 Å². The van der Waals surface area contributed by atoms with Crippen LogP contribution in [0.2, 0.25) is 0 Å². The maximum atomic E-state index is 11.9. The van der Waals surface area contributed by atoms with Gasteiger partial charge in [-0.2, -0.15) is 0 Å². The van der Waals surface area contributed by atoms with Gasteiger partial charge in [0.15, 0.2) is 8.38 Å². The molecule has 126 valence electrons. The van der Waals surface area contributed by atoms with Crippen LogP contribution in [-0.2, 0) is 19.9 Å². The predicted molar refractivity (Wildman–Crippen MR) is 90.7 cm³/mol. The number of carbonyl (C=O) groups is 1. The topological polar surface area (TPSA) is 73.4 Å². The van der Waals surface area contributed by atoms with E-state index in [1.165, 1.54) is 0 Å². The van der Waals surface area contributed by atoms with Crippen LogP contribution < -0.4 is 0 Å². The molecule has 0 saturated carbocycles. The Morgan fingerprint density at radius 1 is 1.17 bits per heavy atom. The van der Waals surface area contributed by atoms with Gasteiger partial charge in [0, 0.05) is 6.16 Å². The van der Waals surface area contributed by atoms with Crippen LogP contribution in [0.4, 0.5) is 0 Å². The Balaban J connectivity index is 2.37. The van der Waals surface area contributed by atoms with E-state index in [9.17, 15) is 4.79 Å². The van der Waals surface area contributed by atoms with Gasteiger partial charge in [-0.15, -0.1) is 0 Å². The quantitative estimate of drug-likeness (QED) is 0.583. The van der Waals surface area contributed by atoms with E-state index in [1.807, 2.05) is 32.9 Å². The molecule has 0 saturated heterocycles. The van der Waals surface area contributed by atoms with Gasteiger partial charge in [0.25, 0.3) is 0 Å². The third-order valence-corrected chi connectivity index (χ3v) is 4.96. The number of nitrogens with zero attached hydrogens (tertiary/aromatic N) is 1. The van der Waals surface area contributed by atoms with Crippen LogP contribution in [0.15, 0.2) is 12.1 Å². The van der Waals surface area contributed by atoms with Crippen molar-refractivity contribution in [3.8, 4) is 0 Å². The number of aromatic amines is 1. The Morgan fingerprint density at radius 3 is 2.48 bits per heavy atom. The van der Waals surface area contributed by atoms with Gasteiger partial charge in [0.1, 0.15) is 0 Å². The van der Waals surface area contributed by atoms with Gasteiger partial charge in [0.05, 0.1) is 30.9 Å². The van der Waals surface area contributed by atoms with Crippen LogP contribution >= 0.6 is 8.38 Å². The van der Waals surface area contributed by atoms with Crippen molar-refractivity contribution < 1.29 is 18.6 Å². The number of fused-ring (bicyclic) bond motifs is 1. The average molecular weight is 338 g/mol. The fraction of sp³-hybridized carbons (Fsp3) is 0.500. The molecule has 0 spiro atoms. The number of hydrogen-bond donors (Lipinski definition) is 1. The number of aryl methyl sites for hydroxylation is 1. The molecule has 1 N–H and O–H groups in total. The molecular weight excluding hydrogens is 315 g/mol. The molecule has 0 aliphatic carbocycles. The lowest BCUT2D eigenvalue weighted by Crippen LogP contribution is -2.06. The lowest BCUT2D eigenvalue weighted by atomic mass is 10.1. The highest BCUT2D eigenvalue weighted by Gasteiger charge is 2.19. The molecule has 0 unspecified atom stereocenters. The van der Waals surface area contributed by atoms with Crippen molar-refractivity contribution in [3.63, 3.8) is 0 Å². The fourth-order valence-corrected chi connectivity index (χ4v) is 3.76. The van der Waals surface area contributed by atoms with Gasteiger partial charge in [0.2, 0.25) is 5.82 Å². The second-order valence-electron chi connectivity index (χ2n) is 4.89. The van der Waals surface area contributed by atoms with Crippen molar-refractivity contribution in [2.75, 3.05) is 19.8 Å². The van der Waals surface area contributed by atoms with Gasteiger partial charge in [-0.1, -0.05) is 6.07 Å². The van der Waals surface area contributed by atoms with E-state index < -0.39 is 14.3 Å². The summed E-state index contributed by atoms with van der Waals surface area (Å²) in [6, 6.07) is 3.93. The van der Waals surface area contributed by atoms with E-state index >= 15 is 0 Å². The van der Waals surface area contributed by atoms with Crippen LogP contribution in [0.3, 0.4) is 0 Å². The molecule has 0 aliphatic heterocycles. The zero-order valence-electron chi connectivity index (χ0n) is 14.0. The molecule has 0 amide bonds. The molecule has 0 aliphatic rings. The number of hydrogen-bond acceptors (Lipinski definition) is 5. The van der Waals surface area contributed by atoms with Crippen molar-refractivity contribution in [3.05, 3.63) is 29.1 Å². The normalized spacial score (nSPS) is 11.3. The SMILES string of the molecule is CCOC(=O)c1nc2c(CP(OCC)OCC)c(C)ccc2[nH]1. The molecular formula is C16H23N2O4P. The lowest BCUT2D eigenvalue weighted by Gasteiger charge is -2.17. The monoisotopic (exact) mass is 338 g/mol. The van der Waals surface area contributed by atoms with Crippen molar-refractivity contribution in [1.82, 2.24) is 9.97 Å². The summed E-state index contributed by atoms with van der Waals surface area (Å²) in [6.45, 7) is 9.24. The van der Waals surface area contributed by atoms with Crippen LogP contribution in [0.1, 0.15) is 42.5 Å². The van der Waals surface area contributed by atoms with Crippen LogP contribution in [0.5, 0.6) is 0 Å². The second-order valence-corrected chi connectivity index (χ2v) is 6.39. The number of carbonyl (C=O) groups excluding carboxylic acids is 1. The van der Waals surface area contributed by atoms with Gasteiger partial charge in [-0.3, -0.25) is 0 Å². The van der Waals surface area contributed by atoms with Gasteiger partial charge in [-0.05, 0) is 44.9 Å². The summed E-state index contributed by atoms with van der Waals surface area (Å²) in [4.78, 5) is 19.3. The third kappa shape index (κ3) is 4.28. The first-order valence-electron chi connectivity index (χ1n) is 7.79. The first-order valence-corrected chi connectivity index (χ1v) is 9.15. The number of ether oxygens (including phenoxy) is 1. The van der Waals surface area contributed by atoms with Gasteiger partial charge >= 0.3 is 5.97 Å². The Morgan fingerprint density at radius 2 is 1.87 bits per heavy atom. The van der Waals surface area contributed by atoms with Crippen molar-refractivity contribution in [2.45, 2.75) is 33.9 Å². The first-order chi connectivity index (χ1) is 11.1. The molecule has 1 heterocycles. The Kier molecular flexibility index (Phi) is 6.51. The average Bonchev–Trinajstić information content (AvgIpc) is 2.95. The maximum absolute atomic E-state index is 11.9. The number of imidazole rings is 1. The number of nitrogens with one attached hydrogen (secondary N) is 1. The number of H-pyrrole nitrogens is 1. The smallest absolute Gasteiger partial charge is 0.374 e. The molecule has 0 atom stereocenters. The fourth-order valence-electron chi connectivity index (χ4n) is 2.27. The van der Waals surface area contributed by atoms with Crippen LogP contribution in [0, 0.1) is 6.92 Å². The summed E-state index contributed by atoms with van der Waals surface area (Å²) in [5, 5.41) is 0. The molecule has 2 rings (SSSR count). The summed E-state index contributed by atoms with van der Waals surface area (Å²) in [6.07, 6.45) is 0.646. The minimum Gasteiger partial charge on any atom is -0.460 e. The zero-order chi connectivity index (χ0) is 16.8. The number of benzene rings is 1. The molecule has 1 aromatic carbocycles. The molecule has 0 fully saturated rings. The van der Waals surface area contributed by atoms with Crippen LogP contribution in [-0.4, -0.2) is 35.8 Å². The summed E-state index contributed by atoms with van der Waals surface area (Å²) in [7, 11) is -1.01. The highest BCUT2D eigenvalue weighted by atomic mass is 31.2. The third-order valence-electron chi connectivity index (χ3n) is 3.30.